The number of nitrogens with zero attached hydrogens (tertiary/aromatic N) is 4. The summed E-state index contributed by atoms with van der Waals surface area (Å²) >= 11 is 0. The summed E-state index contributed by atoms with van der Waals surface area (Å²) in [5.74, 6) is 4.07. The molecule has 1 saturated heterocycles. The minimum Gasteiger partial charge on any atom is -0.381 e. The first-order valence-corrected chi connectivity index (χ1v) is 9.29. The molecule has 0 radical (unpaired) electrons. The van der Waals surface area contributed by atoms with Gasteiger partial charge in [0.2, 0.25) is 5.82 Å². The van der Waals surface area contributed by atoms with Crippen LogP contribution in [0.15, 0.2) is 0 Å². The molecule has 4 rings (SSSR count). The van der Waals surface area contributed by atoms with Gasteiger partial charge < -0.3 is 4.74 Å². The van der Waals surface area contributed by atoms with Crippen LogP contribution in [0.5, 0.6) is 0 Å². The second-order valence-corrected chi connectivity index (χ2v) is 8.22. The average molecular weight is 319 g/mol. The second-order valence-electron chi connectivity index (χ2n) is 8.22. The molecule has 0 amide bonds. The van der Waals surface area contributed by atoms with Crippen LogP contribution < -0.4 is 4.57 Å². The quantitative estimate of drug-likeness (QED) is 0.793. The third-order valence-corrected chi connectivity index (χ3v) is 6.74. The maximum Gasteiger partial charge on any atom is 0.291 e. The van der Waals surface area contributed by atoms with E-state index >= 15 is 0 Å². The fraction of sp³-hybridized carbons (Fsp3) is 0.889. The Hall–Kier alpha value is -0.940. The van der Waals surface area contributed by atoms with E-state index in [4.69, 9.17) is 9.84 Å². The lowest BCUT2D eigenvalue weighted by atomic mass is 9.84. The lowest BCUT2D eigenvalue weighted by molar-refractivity contribution is -0.718. The molecule has 2 fully saturated rings. The molecule has 5 nitrogen and oxygen atoms in total. The van der Waals surface area contributed by atoms with E-state index in [2.05, 4.69) is 41.8 Å². The number of rotatable bonds is 4. The predicted octanol–water partition coefficient (Wildman–Crippen LogP) is 1.77. The summed E-state index contributed by atoms with van der Waals surface area (Å²) < 4.78 is 10.4. The lowest BCUT2D eigenvalue weighted by Crippen LogP contribution is -2.52. The Kier molecular flexibility index (Phi) is 3.76. The predicted molar refractivity (Wildman–Crippen MR) is 87.8 cm³/mol. The van der Waals surface area contributed by atoms with Crippen molar-refractivity contribution in [3.63, 3.8) is 0 Å². The van der Waals surface area contributed by atoms with Gasteiger partial charge in [-0.05, 0) is 43.9 Å². The molecule has 0 bridgehead atoms. The van der Waals surface area contributed by atoms with Gasteiger partial charge in [-0.25, -0.2) is 4.57 Å². The molecule has 1 aromatic heterocycles. The molecule has 3 atom stereocenters. The third kappa shape index (κ3) is 2.52. The van der Waals surface area contributed by atoms with E-state index in [9.17, 15) is 0 Å². The van der Waals surface area contributed by atoms with Crippen molar-refractivity contribution in [3.8, 4) is 0 Å². The molecule has 2 aliphatic heterocycles. The normalized spacial score (nSPS) is 31.8. The number of ether oxygens (including phenoxy) is 1. The maximum absolute atomic E-state index is 5.64. The number of hydrogen-bond donors (Lipinski definition) is 0. The first kappa shape index (κ1) is 15.6. The SMILES string of the molecule is Cc1n(CC(C)[C@@]23CCOC[C@@H]2C3)nc2[n+]1CCN(C(C)C)C2. The van der Waals surface area contributed by atoms with E-state index in [-0.39, 0.29) is 0 Å². The van der Waals surface area contributed by atoms with Crippen molar-refractivity contribution in [2.45, 2.75) is 66.2 Å². The van der Waals surface area contributed by atoms with E-state index < -0.39 is 0 Å². The highest BCUT2D eigenvalue weighted by atomic mass is 16.5. The first-order chi connectivity index (χ1) is 11.0. The van der Waals surface area contributed by atoms with E-state index in [0.717, 1.165) is 45.3 Å². The zero-order valence-electron chi connectivity index (χ0n) is 15.1. The van der Waals surface area contributed by atoms with Crippen molar-refractivity contribution in [2.24, 2.45) is 17.3 Å². The van der Waals surface area contributed by atoms with Crippen molar-refractivity contribution < 1.29 is 9.30 Å². The van der Waals surface area contributed by atoms with Crippen LogP contribution in [0, 0.1) is 24.2 Å². The fourth-order valence-corrected chi connectivity index (χ4v) is 4.81. The Morgan fingerprint density at radius 2 is 2.22 bits per heavy atom. The minimum absolute atomic E-state index is 0.547. The van der Waals surface area contributed by atoms with Gasteiger partial charge in [0.05, 0.1) is 13.1 Å². The number of hydrogen-bond acceptors (Lipinski definition) is 3. The molecular formula is C18H31N4O+. The monoisotopic (exact) mass is 319 g/mol. The van der Waals surface area contributed by atoms with Crippen molar-refractivity contribution in [1.82, 2.24) is 14.7 Å². The van der Waals surface area contributed by atoms with Crippen molar-refractivity contribution in [3.05, 3.63) is 11.6 Å². The van der Waals surface area contributed by atoms with Gasteiger partial charge in [-0.2, -0.15) is 0 Å². The highest BCUT2D eigenvalue weighted by Gasteiger charge is 2.59. The summed E-state index contributed by atoms with van der Waals surface area (Å²) in [7, 11) is 0. The van der Waals surface area contributed by atoms with Gasteiger partial charge >= 0.3 is 0 Å². The van der Waals surface area contributed by atoms with Crippen LogP contribution in [0.3, 0.4) is 0 Å². The molecule has 0 aromatic carbocycles. The summed E-state index contributed by atoms with van der Waals surface area (Å²) in [6.45, 7) is 15.4. The zero-order valence-corrected chi connectivity index (χ0v) is 15.1. The molecule has 3 aliphatic rings. The van der Waals surface area contributed by atoms with Gasteiger partial charge in [0.25, 0.3) is 5.82 Å². The van der Waals surface area contributed by atoms with Crippen molar-refractivity contribution in [1.29, 1.82) is 0 Å². The van der Waals surface area contributed by atoms with Gasteiger partial charge in [-0.3, -0.25) is 4.90 Å². The second kappa shape index (κ2) is 5.55. The van der Waals surface area contributed by atoms with Crippen LogP contribution in [0.1, 0.15) is 45.3 Å². The van der Waals surface area contributed by atoms with Gasteiger partial charge in [-0.1, -0.05) is 6.92 Å². The lowest BCUT2D eigenvalue weighted by Gasteiger charge is -2.27. The Labute approximate surface area is 139 Å². The Morgan fingerprint density at radius 1 is 1.39 bits per heavy atom. The number of fused-ring (bicyclic) bond motifs is 2. The molecule has 1 unspecified atom stereocenters. The molecule has 1 aromatic rings. The van der Waals surface area contributed by atoms with Crippen LogP contribution in [0.2, 0.25) is 0 Å². The van der Waals surface area contributed by atoms with Gasteiger partial charge in [0.1, 0.15) is 6.54 Å². The average Bonchev–Trinajstić information content (AvgIpc) is 3.22. The van der Waals surface area contributed by atoms with Crippen LogP contribution in [-0.2, 0) is 24.4 Å². The van der Waals surface area contributed by atoms with Gasteiger partial charge in [0.15, 0.2) is 0 Å². The van der Waals surface area contributed by atoms with Crippen LogP contribution >= 0.6 is 0 Å². The highest BCUT2D eigenvalue weighted by molar-refractivity contribution is 5.06. The summed E-state index contributed by atoms with van der Waals surface area (Å²) in [5.41, 5.74) is 0.547. The topological polar surface area (TPSA) is 34.2 Å². The molecule has 1 saturated carbocycles. The highest BCUT2D eigenvalue weighted by Crippen LogP contribution is 2.62. The Morgan fingerprint density at radius 3 is 2.96 bits per heavy atom. The fourth-order valence-electron chi connectivity index (χ4n) is 4.81. The number of aromatic nitrogens is 3. The third-order valence-electron chi connectivity index (χ3n) is 6.74. The first-order valence-electron chi connectivity index (χ1n) is 9.29. The van der Waals surface area contributed by atoms with E-state index in [0.29, 0.717) is 17.4 Å². The molecule has 0 N–H and O–H groups in total. The molecule has 128 valence electrons. The van der Waals surface area contributed by atoms with Crippen LogP contribution in [0.25, 0.3) is 0 Å². The molecular weight excluding hydrogens is 288 g/mol. The summed E-state index contributed by atoms with van der Waals surface area (Å²) in [6.07, 6.45) is 2.61. The van der Waals surface area contributed by atoms with Gasteiger partial charge in [-0.15, -0.1) is 4.68 Å². The summed E-state index contributed by atoms with van der Waals surface area (Å²) in [5, 5.41) is 4.97. The Balaban J connectivity index is 1.50. The van der Waals surface area contributed by atoms with Crippen molar-refractivity contribution in [2.75, 3.05) is 19.8 Å². The smallest absolute Gasteiger partial charge is 0.291 e. The maximum atomic E-state index is 5.64. The Bertz CT molecular complexity index is 596. The molecule has 23 heavy (non-hydrogen) atoms. The zero-order chi connectivity index (χ0) is 16.2. The molecule has 5 heteroatoms. The van der Waals surface area contributed by atoms with E-state index in [1.807, 2.05) is 0 Å². The summed E-state index contributed by atoms with van der Waals surface area (Å²) in [6, 6.07) is 0.599. The van der Waals surface area contributed by atoms with E-state index in [1.165, 1.54) is 24.5 Å². The van der Waals surface area contributed by atoms with Crippen molar-refractivity contribution >= 4 is 0 Å². The van der Waals surface area contributed by atoms with Crippen LogP contribution in [-0.4, -0.2) is 40.5 Å². The summed E-state index contributed by atoms with van der Waals surface area (Å²) in [4.78, 5) is 2.52. The standard InChI is InChI=1S/C18H31N4O/c1-13(2)20-6-7-21-15(4)22(19-17(21)11-20)10-14(3)18-5-8-23-12-16(18)9-18/h13-14,16H,5-12H2,1-4H3/q+1/t14?,16-,18-/m0/s1. The molecule has 3 heterocycles. The largest absolute Gasteiger partial charge is 0.381 e. The minimum atomic E-state index is 0.547. The molecule has 0 spiro atoms. The molecule has 1 aliphatic carbocycles. The van der Waals surface area contributed by atoms with Gasteiger partial charge in [0, 0.05) is 37.8 Å². The van der Waals surface area contributed by atoms with Crippen LogP contribution in [0.4, 0.5) is 0 Å². The van der Waals surface area contributed by atoms with E-state index in [1.54, 1.807) is 0 Å².